The van der Waals surface area contributed by atoms with Gasteiger partial charge in [0.15, 0.2) is 0 Å². The third-order valence-electron chi connectivity index (χ3n) is 6.94. The average molecular weight is 752 g/mol. The summed E-state index contributed by atoms with van der Waals surface area (Å²) in [6.07, 6.45) is 3.75. The Morgan fingerprint density at radius 2 is 1.54 bits per heavy atom. The summed E-state index contributed by atoms with van der Waals surface area (Å²) in [6.45, 7) is 11.8. The van der Waals surface area contributed by atoms with E-state index in [0.29, 0.717) is 5.56 Å². The Balaban J connectivity index is 0.000000199. The summed E-state index contributed by atoms with van der Waals surface area (Å²) in [6, 6.07) is 31.8. The standard InChI is InChI=1S/C20H18NOSi.C15H18NSi.Ir/c1-23(2,3)14-10-11-15-16-8-6-12-21-20(16)17-7-4-5-9-18(17)22-19(15)13-14;1-12-5-7-13(8-6-12)15-10-9-14(11-16-15)17(2,3)4;/h4-6,8-13H,1-3H3;5-7,9-11H,1-4H3;/q2*-1;/i;1D3;. The summed E-state index contributed by atoms with van der Waals surface area (Å²) in [5.41, 5.74) is 6.01. The van der Waals surface area contributed by atoms with Gasteiger partial charge in [-0.15, -0.1) is 59.7 Å². The minimum atomic E-state index is -2.08. The van der Waals surface area contributed by atoms with Crippen molar-refractivity contribution in [1.29, 1.82) is 0 Å². The van der Waals surface area contributed by atoms with E-state index in [4.69, 9.17) is 8.85 Å². The van der Waals surface area contributed by atoms with Gasteiger partial charge in [0.1, 0.15) is 5.75 Å². The van der Waals surface area contributed by atoms with E-state index in [-0.39, 0.29) is 20.1 Å². The van der Waals surface area contributed by atoms with E-state index >= 15 is 0 Å². The van der Waals surface area contributed by atoms with Crippen LogP contribution >= 0.6 is 0 Å². The largest absolute Gasteiger partial charge is 0.501 e. The van der Waals surface area contributed by atoms with E-state index in [2.05, 4.69) is 91.7 Å². The zero-order chi connectivity index (χ0) is 31.0. The van der Waals surface area contributed by atoms with Gasteiger partial charge in [-0.3, -0.25) is 0 Å². The van der Waals surface area contributed by atoms with Gasteiger partial charge in [-0.1, -0.05) is 87.2 Å². The molecule has 0 amide bonds. The zero-order valence-corrected chi connectivity index (χ0v) is 28.7. The third kappa shape index (κ3) is 7.02. The van der Waals surface area contributed by atoms with Crippen LogP contribution in [0, 0.1) is 19.0 Å². The molecular weight excluding hydrogens is 713 g/mol. The summed E-state index contributed by atoms with van der Waals surface area (Å²) in [5, 5.41) is 2.70. The van der Waals surface area contributed by atoms with Gasteiger partial charge in [0, 0.05) is 47.9 Å². The van der Waals surface area contributed by atoms with Crippen LogP contribution in [0.4, 0.5) is 0 Å². The molecule has 5 aromatic rings. The van der Waals surface area contributed by atoms with Gasteiger partial charge in [-0.25, -0.2) is 0 Å². The van der Waals surface area contributed by atoms with Crippen molar-refractivity contribution < 1.29 is 29.0 Å². The maximum Gasteiger partial charge on any atom is 0.121 e. The SMILES string of the molecule is C[Si](C)(C)c1ccc2c(c1)Oc1ccc[c-]c1-c1ncccc1-2.[2H]C([2H])([2H])c1c[c-]c(-c2ccc([Si](C)(C)C)cn2)cc1.[Ir]. The summed E-state index contributed by atoms with van der Waals surface area (Å²) in [7, 11) is -2.73. The molecule has 41 heavy (non-hydrogen) atoms. The molecule has 0 fully saturated rings. The first-order valence-corrected chi connectivity index (χ1v) is 20.5. The Morgan fingerprint density at radius 1 is 0.756 bits per heavy atom. The number of fused-ring (bicyclic) bond motifs is 5. The molecule has 0 atom stereocenters. The van der Waals surface area contributed by atoms with Crippen molar-refractivity contribution in [2.75, 3.05) is 0 Å². The number of aryl methyl sites for hydroxylation is 1. The van der Waals surface area contributed by atoms with E-state index < -0.39 is 23.0 Å². The van der Waals surface area contributed by atoms with Crippen molar-refractivity contribution in [1.82, 2.24) is 9.97 Å². The van der Waals surface area contributed by atoms with Gasteiger partial charge >= 0.3 is 0 Å². The predicted molar refractivity (Wildman–Crippen MR) is 173 cm³/mol. The molecule has 211 valence electrons. The van der Waals surface area contributed by atoms with Crippen LogP contribution in [0.1, 0.15) is 9.68 Å². The molecule has 3 aromatic carbocycles. The van der Waals surface area contributed by atoms with Gasteiger partial charge in [0.05, 0.1) is 16.1 Å². The number of aromatic nitrogens is 2. The van der Waals surface area contributed by atoms with Gasteiger partial charge in [0.25, 0.3) is 0 Å². The average Bonchev–Trinajstić information content (AvgIpc) is 3.10. The molecule has 1 aliphatic heterocycles. The first kappa shape index (κ1) is 26.7. The van der Waals surface area contributed by atoms with E-state index in [1.807, 2.05) is 42.7 Å². The van der Waals surface area contributed by atoms with Gasteiger partial charge in [-0.2, -0.15) is 0 Å². The number of nitrogens with zero attached hydrogens (tertiary/aromatic N) is 2. The third-order valence-corrected chi connectivity index (χ3v) is 11.0. The number of hydrogen-bond acceptors (Lipinski definition) is 3. The van der Waals surface area contributed by atoms with Crippen molar-refractivity contribution in [2.45, 2.75) is 46.1 Å². The Morgan fingerprint density at radius 3 is 2.20 bits per heavy atom. The van der Waals surface area contributed by atoms with Crippen LogP contribution in [-0.4, -0.2) is 26.1 Å². The molecule has 6 heteroatoms. The Bertz CT molecular complexity index is 1690. The van der Waals surface area contributed by atoms with Crippen LogP contribution < -0.4 is 15.1 Å². The second kappa shape index (κ2) is 12.4. The van der Waals surface area contributed by atoms with Crippen molar-refractivity contribution in [3.05, 3.63) is 109 Å². The fraction of sp³-hybridized carbons (Fsp3) is 0.200. The van der Waals surface area contributed by atoms with E-state index in [1.165, 1.54) is 16.4 Å². The van der Waals surface area contributed by atoms with Gasteiger partial charge in [0.2, 0.25) is 0 Å². The summed E-state index contributed by atoms with van der Waals surface area (Å²) >= 11 is 0. The summed E-state index contributed by atoms with van der Waals surface area (Å²) < 4.78 is 28.3. The van der Waals surface area contributed by atoms with Crippen molar-refractivity contribution >= 4 is 26.5 Å². The molecule has 1 aliphatic rings. The fourth-order valence-corrected chi connectivity index (χ4v) is 6.69. The second-order valence-corrected chi connectivity index (χ2v) is 22.2. The number of hydrogen-bond donors (Lipinski definition) is 0. The monoisotopic (exact) mass is 752 g/mol. The predicted octanol–water partition coefficient (Wildman–Crippen LogP) is 8.27. The number of rotatable bonds is 3. The van der Waals surface area contributed by atoms with E-state index in [1.54, 1.807) is 12.1 Å². The molecule has 0 N–H and O–H groups in total. The maximum absolute atomic E-state index is 7.35. The molecule has 2 aromatic heterocycles. The molecule has 3 nitrogen and oxygen atoms in total. The maximum atomic E-state index is 7.35. The molecule has 1 radical (unpaired) electrons. The second-order valence-electron chi connectivity index (χ2n) is 12.0. The minimum Gasteiger partial charge on any atom is -0.501 e. The Hall–Kier alpha value is -3.16. The fourth-order valence-electron chi connectivity index (χ4n) is 4.51. The van der Waals surface area contributed by atoms with Crippen molar-refractivity contribution in [2.24, 2.45) is 0 Å². The number of benzene rings is 3. The van der Waals surface area contributed by atoms with Crippen molar-refractivity contribution in [3.63, 3.8) is 0 Å². The number of pyridine rings is 2. The van der Waals surface area contributed by atoms with Crippen LogP contribution in [0.3, 0.4) is 0 Å². The Kier molecular flexibility index (Phi) is 8.07. The molecule has 0 saturated carbocycles. The summed E-state index contributed by atoms with van der Waals surface area (Å²) in [4.78, 5) is 9.06. The van der Waals surface area contributed by atoms with Crippen LogP contribution in [0.15, 0.2) is 91.3 Å². The molecule has 0 bridgehead atoms. The zero-order valence-electron chi connectivity index (χ0n) is 27.3. The topological polar surface area (TPSA) is 35.0 Å². The normalized spacial score (nSPS) is 13.2. The van der Waals surface area contributed by atoms with Crippen LogP contribution in [-0.2, 0) is 20.1 Å². The van der Waals surface area contributed by atoms with Gasteiger partial charge in [-0.05, 0) is 34.3 Å². The molecule has 3 heterocycles. The molecule has 0 unspecified atom stereocenters. The van der Waals surface area contributed by atoms with Crippen molar-refractivity contribution in [3.8, 4) is 45.1 Å². The van der Waals surface area contributed by atoms with E-state index in [0.717, 1.165) is 45.1 Å². The molecule has 0 spiro atoms. The molecule has 0 saturated heterocycles. The van der Waals surface area contributed by atoms with Crippen LogP contribution in [0.25, 0.3) is 33.6 Å². The Labute approximate surface area is 264 Å². The first-order valence-electron chi connectivity index (χ1n) is 15.0. The van der Waals surface area contributed by atoms with E-state index in [9.17, 15) is 0 Å². The quantitative estimate of drug-likeness (QED) is 0.135. The smallest absolute Gasteiger partial charge is 0.121 e. The van der Waals surface area contributed by atoms with Gasteiger partial charge < -0.3 is 14.7 Å². The first-order chi connectivity index (χ1) is 20.2. The minimum absolute atomic E-state index is 0. The van der Waals surface area contributed by atoms with Crippen LogP contribution in [0.5, 0.6) is 11.5 Å². The number of ether oxygens (including phenoxy) is 1. The van der Waals surface area contributed by atoms with Crippen LogP contribution in [0.2, 0.25) is 39.3 Å². The molecule has 0 aliphatic carbocycles. The molecular formula is C35H36IrN2OSi2-2. The summed E-state index contributed by atoms with van der Waals surface area (Å²) in [5.74, 6) is 1.73. The molecule has 6 rings (SSSR count).